The second kappa shape index (κ2) is 6.00. The number of H-pyrrole nitrogens is 1. The van der Waals surface area contributed by atoms with Crippen LogP contribution >= 0.6 is 0 Å². The Kier molecular flexibility index (Phi) is 4.08. The highest BCUT2D eigenvalue weighted by Gasteiger charge is 2.18. The first-order valence-corrected chi connectivity index (χ1v) is 7.60. The lowest BCUT2D eigenvalue weighted by Gasteiger charge is -2.32. The highest BCUT2D eigenvalue weighted by molar-refractivity contribution is 5.68. The van der Waals surface area contributed by atoms with Gasteiger partial charge in [-0.15, -0.1) is 0 Å². The number of ether oxygens (including phenoxy) is 1. The third-order valence-electron chi connectivity index (χ3n) is 4.40. The van der Waals surface area contributed by atoms with Crippen LogP contribution in [0.5, 0.6) is 0 Å². The van der Waals surface area contributed by atoms with Crippen molar-refractivity contribution in [3.05, 3.63) is 41.2 Å². The molecule has 1 aromatic heterocycles. The van der Waals surface area contributed by atoms with Gasteiger partial charge in [0.1, 0.15) is 0 Å². The normalized spacial score (nSPS) is 17.9. The Labute approximate surface area is 126 Å². The lowest BCUT2D eigenvalue weighted by atomic mass is 9.99. The monoisotopic (exact) mass is 285 g/mol. The number of morpholine rings is 1. The van der Waals surface area contributed by atoms with Crippen molar-refractivity contribution >= 4 is 0 Å². The predicted octanol–water partition coefficient (Wildman–Crippen LogP) is 3.09. The zero-order valence-electron chi connectivity index (χ0n) is 13.0. The SMILES string of the molecule is Cc1n[nH]c(C)c1-c1ccc(C(C)N2CCOCC2)cc1. The fraction of sp³-hybridized carbons (Fsp3) is 0.471. The van der Waals surface area contributed by atoms with Gasteiger partial charge >= 0.3 is 0 Å². The predicted molar refractivity (Wildman–Crippen MR) is 84.3 cm³/mol. The van der Waals surface area contributed by atoms with Crippen LogP contribution in [0.15, 0.2) is 24.3 Å². The highest BCUT2D eigenvalue weighted by atomic mass is 16.5. The highest BCUT2D eigenvalue weighted by Crippen LogP contribution is 2.28. The summed E-state index contributed by atoms with van der Waals surface area (Å²) in [5.74, 6) is 0. The summed E-state index contributed by atoms with van der Waals surface area (Å²) in [4.78, 5) is 2.48. The van der Waals surface area contributed by atoms with Gasteiger partial charge in [-0.1, -0.05) is 24.3 Å². The fourth-order valence-corrected chi connectivity index (χ4v) is 3.08. The molecule has 1 atom stereocenters. The quantitative estimate of drug-likeness (QED) is 0.942. The Balaban J connectivity index is 1.80. The van der Waals surface area contributed by atoms with Crippen LogP contribution in [0.25, 0.3) is 11.1 Å². The first-order valence-electron chi connectivity index (χ1n) is 7.60. The molecule has 0 aliphatic carbocycles. The number of hydrogen-bond acceptors (Lipinski definition) is 3. The summed E-state index contributed by atoms with van der Waals surface area (Å²) in [6.45, 7) is 10.1. The van der Waals surface area contributed by atoms with Crippen molar-refractivity contribution < 1.29 is 4.74 Å². The topological polar surface area (TPSA) is 41.2 Å². The Bertz CT molecular complexity index is 577. The first-order chi connectivity index (χ1) is 10.2. The van der Waals surface area contributed by atoms with Crippen molar-refractivity contribution in [2.24, 2.45) is 0 Å². The summed E-state index contributed by atoms with van der Waals surface area (Å²) < 4.78 is 5.43. The molecule has 0 bridgehead atoms. The van der Waals surface area contributed by atoms with Gasteiger partial charge in [-0.3, -0.25) is 10.00 Å². The molecule has 1 fully saturated rings. The lowest BCUT2D eigenvalue weighted by molar-refractivity contribution is 0.0198. The summed E-state index contributed by atoms with van der Waals surface area (Å²) >= 11 is 0. The van der Waals surface area contributed by atoms with E-state index in [0.717, 1.165) is 37.7 Å². The molecule has 0 radical (unpaired) electrons. The van der Waals surface area contributed by atoms with Gasteiger partial charge in [0.2, 0.25) is 0 Å². The molecule has 0 amide bonds. The fourth-order valence-electron chi connectivity index (χ4n) is 3.08. The molecular weight excluding hydrogens is 262 g/mol. The van der Waals surface area contributed by atoms with Crippen molar-refractivity contribution in [2.45, 2.75) is 26.8 Å². The molecule has 1 unspecified atom stereocenters. The minimum atomic E-state index is 0.439. The van der Waals surface area contributed by atoms with Gasteiger partial charge < -0.3 is 4.74 Å². The van der Waals surface area contributed by atoms with Crippen molar-refractivity contribution in [1.82, 2.24) is 15.1 Å². The number of hydrogen-bond donors (Lipinski definition) is 1. The van der Waals surface area contributed by atoms with Crippen molar-refractivity contribution in [1.29, 1.82) is 0 Å². The number of nitrogens with zero attached hydrogens (tertiary/aromatic N) is 2. The van der Waals surface area contributed by atoms with Crippen LogP contribution in [-0.2, 0) is 4.74 Å². The molecule has 1 aliphatic rings. The van der Waals surface area contributed by atoms with Gasteiger partial charge in [0.25, 0.3) is 0 Å². The third-order valence-corrected chi connectivity index (χ3v) is 4.40. The number of aromatic nitrogens is 2. The zero-order valence-corrected chi connectivity index (χ0v) is 13.0. The molecule has 1 saturated heterocycles. The average Bonchev–Trinajstić information content (AvgIpc) is 2.87. The Morgan fingerprint density at radius 3 is 2.38 bits per heavy atom. The van der Waals surface area contributed by atoms with Crippen LogP contribution in [-0.4, -0.2) is 41.4 Å². The zero-order chi connectivity index (χ0) is 14.8. The van der Waals surface area contributed by atoms with Crippen LogP contribution in [0.1, 0.15) is 29.9 Å². The average molecular weight is 285 g/mol. The molecule has 0 spiro atoms. The van der Waals surface area contributed by atoms with E-state index in [1.165, 1.54) is 16.7 Å². The molecule has 21 heavy (non-hydrogen) atoms. The number of benzene rings is 1. The molecule has 1 N–H and O–H groups in total. The standard InChI is InChI=1S/C17H23N3O/c1-12-17(13(2)19-18-12)16-6-4-15(5-7-16)14(3)20-8-10-21-11-9-20/h4-7,14H,8-11H2,1-3H3,(H,18,19). The van der Waals surface area contributed by atoms with Crippen LogP contribution in [0.4, 0.5) is 0 Å². The minimum Gasteiger partial charge on any atom is -0.379 e. The molecule has 0 saturated carbocycles. The first kappa shape index (κ1) is 14.3. The van der Waals surface area contributed by atoms with Crippen molar-refractivity contribution in [2.75, 3.05) is 26.3 Å². The van der Waals surface area contributed by atoms with Gasteiger partial charge in [-0.05, 0) is 31.9 Å². The van der Waals surface area contributed by atoms with E-state index in [-0.39, 0.29) is 0 Å². The lowest BCUT2D eigenvalue weighted by Crippen LogP contribution is -2.37. The van der Waals surface area contributed by atoms with E-state index in [4.69, 9.17) is 4.74 Å². The minimum absolute atomic E-state index is 0.439. The van der Waals surface area contributed by atoms with E-state index in [1.54, 1.807) is 0 Å². The Hall–Kier alpha value is -1.65. The summed E-state index contributed by atoms with van der Waals surface area (Å²) in [5, 5.41) is 7.33. The Morgan fingerprint density at radius 1 is 1.14 bits per heavy atom. The maximum Gasteiger partial charge on any atom is 0.0672 e. The smallest absolute Gasteiger partial charge is 0.0672 e. The van der Waals surface area contributed by atoms with Crippen LogP contribution < -0.4 is 0 Å². The number of aromatic amines is 1. The van der Waals surface area contributed by atoms with Gasteiger partial charge in [0, 0.05) is 30.4 Å². The van der Waals surface area contributed by atoms with Crippen molar-refractivity contribution in [3.8, 4) is 11.1 Å². The van der Waals surface area contributed by atoms with E-state index in [2.05, 4.69) is 53.2 Å². The van der Waals surface area contributed by atoms with Crippen LogP contribution in [0, 0.1) is 13.8 Å². The number of nitrogens with one attached hydrogen (secondary N) is 1. The maximum absolute atomic E-state index is 5.43. The Morgan fingerprint density at radius 2 is 1.81 bits per heavy atom. The molecule has 2 heterocycles. The second-order valence-electron chi connectivity index (χ2n) is 5.76. The summed E-state index contributed by atoms with van der Waals surface area (Å²) in [7, 11) is 0. The van der Waals surface area contributed by atoms with Crippen LogP contribution in [0.3, 0.4) is 0 Å². The third kappa shape index (κ3) is 2.87. The molecule has 1 aliphatic heterocycles. The van der Waals surface area contributed by atoms with Gasteiger partial charge in [-0.2, -0.15) is 5.10 Å². The molecule has 4 nitrogen and oxygen atoms in total. The van der Waals surface area contributed by atoms with Crippen LogP contribution in [0.2, 0.25) is 0 Å². The van der Waals surface area contributed by atoms with Crippen molar-refractivity contribution in [3.63, 3.8) is 0 Å². The van der Waals surface area contributed by atoms with E-state index in [1.807, 2.05) is 6.92 Å². The van der Waals surface area contributed by atoms with E-state index in [9.17, 15) is 0 Å². The molecule has 112 valence electrons. The largest absolute Gasteiger partial charge is 0.379 e. The molecular formula is C17H23N3O. The van der Waals surface area contributed by atoms with E-state index in [0.29, 0.717) is 6.04 Å². The second-order valence-corrected chi connectivity index (χ2v) is 5.76. The molecule has 1 aromatic carbocycles. The van der Waals surface area contributed by atoms with Gasteiger partial charge in [-0.25, -0.2) is 0 Å². The molecule has 4 heteroatoms. The number of rotatable bonds is 3. The molecule has 2 aromatic rings. The summed E-state index contributed by atoms with van der Waals surface area (Å²) in [5.41, 5.74) is 6.00. The van der Waals surface area contributed by atoms with Gasteiger partial charge in [0.05, 0.1) is 18.9 Å². The van der Waals surface area contributed by atoms with Gasteiger partial charge in [0.15, 0.2) is 0 Å². The summed E-state index contributed by atoms with van der Waals surface area (Å²) in [6, 6.07) is 9.33. The molecule has 3 rings (SSSR count). The number of aryl methyl sites for hydroxylation is 2. The summed E-state index contributed by atoms with van der Waals surface area (Å²) in [6.07, 6.45) is 0. The maximum atomic E-state index is 5.43. The van der Waals surface area contributed by atoms with E-state index >= 15 is 0 Å². The van der Waals surface area contributed by atoms with E-state index < -0.39 is 0 Å².